The molecule has 2 aromatic rings. The van der Waals surface area contributed by atoms with Gasteiger partial charge in [0, 0.05) is 44.3 Å². The first-order valence-corrected chi connectivity index (χ1v) is 8.34. The fourth-order valence-electron chi connectivity index (χ4n) is 3.57. The Morgan fingerprint density at radius 1 is 1.26 bits per heavy atom. The van der Waals surface area contributed by atoms with Crippen molar-refractivity contribution < 1.29 is 5.11 Å². The predicted molar refractivity (Wildman–Crippen MR) is 88.9 cm³/mol. The fraction of sp³-hybridized carbons (Fsp3) is 0.647. The van der Waals surface area contributed by atoms with E-state index < -0.39 is 6.10 Å². The zero-order valence-corrected chi connectivity index (χ0v) is 14.5. The molecule has 0 radical (unpaired) electrons. The average Bonchev–Trinajstić information content (AvgIpc) is 3.06. The molecular formula is C17H27N5O. The summed E-state index contributed by atoms with van der Waals surface area (Å²) in [6.07, 6.45) is 5.20. The Bertz CT molecular complexity index is 667. The Morgan fingerprint density at radius 3 is 2.48 bits per heavy atom. The topological polar surface area (TPSA) is 59.1 Å². The number of imidazole rings is 1. The van der Waals surface area contributed by atoms with Crippen molar-refractivity contribution in [3.05, 3.63) is 35.2 Å². The number of aromatic nitrogens is 4. The summed E-state index contributed by atoms with van der Waals surface area (Å²) in [4.78, 5) is 6.76. The highest BCUT2D eigenvalue weighted by molar-refractivity contribution is 5.24. The van der Waals surface area contributed by atoms with E-state index in [1.165, 1.54) is 11.3 Å². The zero-order chi connectivity index (χ0) is 16.6. The first-order valence-electron chi connectivity index (χ1n) is 8.34. The zero-order valence-electron chi connectivity index (χ0n) is 14.5. The van der Waals surface area contributed by atoms with Crippen LogP contribution < -0.4 is 0 Å². The SMILES string of the molecule is Cc1nn(C)c(C)c1CN1CCC(C(O)c2nccn2C)CC1. The quantitative estimate of drug-likeness (QED) is 0.933. The lowest BCUT2D eigenvalue weighted by atomic mass is 9.90. The Kier molecular flexibility index (Phi) is 4.55. The maximum absolute atomic E-state index is 10.6. The molecule has 1 fully saturated rings. The second-order valence-corrected chi connectivity index (χ2v) is 6.73. The summed E-state index contributed by atoms with van der Waals surface area (Å²) in [5, 5.41) is 15.1. The van der Waals surface area contributed by atoms with Crippen LogP contribution in [-0.2, 0) is 20.6 Å². The number of nitrogens with zero attached hydrogens (tertiary/aromatic N) is 5. The molecule has 6 nitrogen and oxygen atoms in total. The van der Waals surface area contributed by atoms with Crippen molar-refractivity contribution in [2.75, 3.05) is 13.1 Å². The summed E-state index contributed by atoms with van der Waals surface area (Å²) in [5.41, 5.74) is 3.72. The minimum atomic E-state index is -0.459. The minimum Gasteiger partial charge on any atom is -0.385 e. The molecule has 0 aliphatic carbocycles. The Hall–Kier alpha value is -1.66. The van der Waals surface area contributed by atoms with Gasteiger partial charge < -0.3 is 9.67 Å². The van der Waals surface area contributed by atoms with E-state index >= 15 is 0 Å². The van der Waals surface area contributed by atoms with Crippen molar-refractivity contribution in [3.8, 4) is 0 Å². The van der Waals surface area contributed by atoms with E-state index in [0.717, 1.165) is 44.0 Å². The normalized spacial score (nSPS) is 18.5. The maximum Gasteiger partial charge on any atom is 0.137 e. The molecule has 1 saturated heterocycles. The van der Waals surface area contributed by atoms with Gasteiger partial charge in [0.1, 0.15) is 11.9 Å². The molecule has 23 heavy (non-hydrogen) atoms. The van der Waals surface area contributed by atoms with Crippen LogP contribution >= 0.6 is 0 Å². The van der Waals surface area contributed by atoms with Gasteiger partial charge >= 0.3 is 0 Å². The third-order valence-corrected chi connectivity index (χ3v) is 5.24. The molecular weight excluding hydrogens is 290 g/mol. The number of piperidine rings is 1. The third-order valence-electron chi connectivity index (χ3n) is 5.24. The van der Waals surface area contributed by atoms with Crippen LogP contribution in [0.15, 0.2) is 12.4 Å². The molecule has 2 aromatic heterocycles. The number of hydrogen-bond donors (Lipinski definition) is 1. The van der Waals surface area contributed by atoms with Crippen molar-refractivity contribution in [2.24, 2.45) is 20.0 Å². The molecule has 1 aliphatic rings. The first kappa shape index (κ1) is 16.2. The lowest BCUT2D eigenvalue weighted by Gasteiger charge is -2.34. The highest BCUT2D eigenvalue weighted by Gasteiger charge is 2.28. The van der Waals surface area contributed by atoms with E-state index in [0.29, 0.717) is 5.92 Å². The van der Waals surface area contributed by atoms with Crippen molar-refractivity contribution in [2.45, 2.75) is 39.3 Å². The second kappa shape index (κ2) is 6.45. The molecule has 1 N–H and O–H groups in total. The Balaban J connectivity index is 1.59. The lowest BCUT2D eigenvalue weighted by Crippen LogP contribution is -2.35. The smallest absolute Gasteiger partial charge is 0.137 e. The van der Waals surface area contributed by atoms with E-state index in [4.69, 9.17) is 0 Å². The molecule has 1 aliphatic heterocycles. The number of rotatable bonds is 4. The summed E-state index contributed by atoms with van der Waals surface area (Å²) in [6, 6.07) is 0. The minimum absolute atomic E-state index is 0.295. The van der Waals surface area contributed by atoms with Crippen molar-refractivity contribution in [1.82, 2.24) is 24.2 Å². The van der Waals surface area contributed by atoms with Crippen LogP contribution in [0.2, 0.25) is 0 Å². The summed E-state index contributed by atoms with van der Waals surface area (Å²) in [6.45, 7) is 7.20. The number of hydrogen-bond acceptors (Lipinski definition) is 4. The van der Waals surface area contributed by atoms with Gasteiger partial charge in [-0.1, -0.05) is 0 Å². The molecule has 0 saturated carbocycles. The molecule has 6 heteroatoms. The molecule has 0 aromatic carbocycles. The highest BCUT2D eigenvalue weighted by Crippen LogP contribution is 2.30. The molecule has 1 atom stereocenters. The molecule has 3 heterocycles. The molecule has 0 amide bonds. The van der Waals surface area contributed by atoms with Gasteiger partial charge in [-0.15, -0.1) is 0 Å². The highest BCUT2D eigenvalue weighted by atomic mass is 16.3. The van der Waals surface area contributed by atoms with Gasteiger partial charge in [-0.2, -0.15) is 5.10 Å². The van der Waals surface area contributed by atoms with Crippen LogP contribution in [0.25, 0.3) is 0 Å². The number of aryl methyl sites for hydroxylation is 3. The fourth-order valence-corrected chi connectivity index (χ4v) is 3.57. The number of likely N-dealkylation sites (tertiary alicyclic amines) is 1. The summed E-state index contributed by atoms with van der Waals surface area (Å²) < 4.78 is 3.88. The maximum atomic E-state index is 10.6. The van der Waals surface area contributed by atoms with Gasteiger partial charge in [0.2, 0.25) is 0 Å². The number of aliphatic hydroxyl groups excluding tert-OH is 1. The molecule has 3 rings (SSSR count). The van der Waals surface area contributed by atoms with E-state index in [9.17, 15) is 5.11 Å². The standard InChI is InChI=1S/C17H27N5O/c1-12-15(13(2)21(4)19-12)11-22-8-5-14(6-9-22)16(23)17-18-7-10-20(17)3/h7,10,14,16,23H,5-6,8-9,11H2,1-4H3. The van der Waals surface area contributed by atoms with Crippen LogP contribution in [0.1, 0.15) is 41.7 Å². The van der Waals surface area contributed by atoms with Crippen LogP contribution in [-0.4, -0.2) is 42.4 Å². The molecule has 0 bridgehead atoms. The molecule has 126 valence electrons. The van der Waals surface area contributed by atoms with Gasteiger partial charge in [0.05, 0.1) is 5.69 Å². The lowest BCUT2D eigenvalue weighted by molar-refractivity contribution is 0.0491. The summed E-state index contributed by atoms with van der Waals surface area (Å²) in [5.74, 6) is 1.07. The molecule has 1 unspecified atom stereocenters. The average molecular weight is 317 g/mol. The van der Waals surface area contributed by atoms with Crippen LogP contribution in [0.4, 0.5) is 0 Å². The Labute approximate surface area is 137 Å². The second-order valence-electron chi connectivity index (χ2n) is 6.73. The molecule has 0 spiro atoms. The Morgan fingerprint density at radius 2 is 1.96 bits per heavy atom. The van der Waals surface area contributed by atoms with E-state index in [1.54, 1.807) is 6.20 Å². The largest absolute Gasteiger partial charge is 0.385 e. The van der Waals surface area contributed by atoms with Crippen molar-refractivity contribution in [1.29, 1.82) is 0 Å². The van der Waals surface area contributed by atoms with Gasteiger partial charge in [0.15, 0.2) is 0 Å². The van der Waals surface area contributed by atoms with E-state index in [2.05, 4.69) is 28.8 Å². The van der Waals surface area contributed by atoms with Gasteiger partial charge in [0.25, 0.3) is 0 Å². The van der Waals surface area contributed by atoms with Crippen LogP contribution in [0.3, 0.4) is 0 Å². The summed E-state index contributed by atoms with van der Waals surface area (Å²) >= 11 is 0. The number of aliphatic hydroxyl groups is 1. The van der Waals surface area contributed by atoms with Gasteiger partial charge in [-0.05, 0) is 45.7 Å². The predicted octanol–water partition coefficient (Wildman–Crippen LogP) is 1.72. The monoisotopic (exact) mass is 317 g/mol. The third kappa shape index (κ3) is 3.19. The van der Waals surface area contributed by atoms with Crippen molar-refractivity contribution in [3.63, 3.8) is 0 Å². The van der Waals surface area contributed by atoms with Crippen LogP contribution in [0, 0.1) is 19.8 Å². The van der Waals surface area contributed by atoms with Crippen LogP contribution in [0.5, 0.6) is 0 Å². The van der Waals surface area contributed by atoms with Crippen molar-refractivity contribution >= 4 is 0 Å². The van der Waals surface area contributed by atoms with E-state index in [1.807, 2.05) is 29.5 Å². The first-order chi connectivity index (χ1) is 11.0. The van der Waals surface area contributed by atoms with Gasteiger partial charge in [-0.25, -0.2) is 4.98 Å². The summed E-state index contributed by atoms with van der Waals surface area (Å²) in [7, 11) is 3.94. The van der Waals surface area contributed by atoms with Gasteiger partial charge in [-0.3, -0.25) is 9.58 Å². The van der Waals surface area contributed by atoms with E-state index in [-0.39, 0.29) is 0 Å².